The molecular formula is C13H17NO. The lowest BCUT2D eigenvalue weighted by Gasteiger charge is -2.02. The van der Waals surface area contributed by atoms with Crippen LogP contribution < -0.4 is 5.32 Å². The van der Waals surface area contributed by atoms with Crippen molar-refractivity contribution in [2.45, 2.75) is 6.92 Å². The minimum atomic E-state index is 0.396. The van der Waals surface area contributed by atoms with E-state index in [1.807, 2.05) is 57.4 Å². The lowest BCUT2D eigenvalue weighted by molar-refractivity contribution is 0.477. The van der Waals surface area contributed by atoms with Crippen LogP contribution in [0.2, 0.25) is 0 Å². The molecule has 0 spiro atoms. The highest BCUT2D eigenvalue weighted by Gasteiger charge is 2.00. The minimum absolute atomic E-state index is 0.396. The van der Waals surface area contributed by atoms with Crippen molar-refractivity contribution in [2.75, 3.05) is 14.1 Å². The van der Waals surface area contributed by atoms with Gasteiger partial charge in [0, 0.05) is 5.39 Å². The molecule has 2 aromatic rings. The van der Waals surface area contributed by atoms with E-state index in [0.717, 1.165) is 16.3 Å². The fraction of sp³-hybridized carbons (Fsp3) is 0.231. The molecule has 2 rings (SSSR count). The van der Waals surface area contributed by atoms with Crippen molar-refractivity contribution in [2.24, 2.45) is 0 Å². The lowest BCUT2D eigenvalue weighted by Crippen LogP contribution is -1.89. The molecule has 0 aromatic heterocycles. The van der Waals surface area contributed by atoms with Crippen LogP contribution in [0.25, 0.3) is 10.8 Å². The molecule has 0 aliphatic carbocycles. The maximum absolute atomic E-state index is 9.66. The summed E-state index contributed by atoms with van der Waals surface area (Å²) in [4.78, 5) is 0. The number of fused-ring (bicyclic) bond motifs is 1. The molecule has 0 amide bonds. The van der Waals surface area contributed by atoms with Gasteiger partial charge >= 0.3 is 0 Å². The Morgan fingerprint density at radius 1 is 1.00 bits per heavy atom. The number of rotatable bonds is 0. The highest BCUT2D eigenvalue weighted by Crippen LogP contribution is 2.27. The molecule has 15 heavy (non-hydrogen) atoms. The highest BCUT2D eigenvalue weighted by molar-refractivity contribution is 5.89. The molecule has 0 bridgehead atoms. The van der Waals surface area contributed by atoms with Crippen LogP contribution in [-0.2, 0) is 0 Å². The molecule has 0 atom stereocenters. The molecule has 0 radical (unpaired) electrons. The van der Waals surface area contributed by atoms with Crippen LogP contribution in [0.3, 0.4) is 0 Å². The fourth-order valence-electron chi connectivity index (χ4n) is 1.36. The first-order valence-electron chi connectivity index (χ1n) is 4.96. The highest BCUT2D eigenvalue weighted by atomic mass is 16.3. The first-order valence-corrected chi connectivity index (χ1v) is 4.96. The monoisotopic (exact) mass is 203 g/mol. The Labute approximate surface area is 90.6 Å². The fourth-order valence-corrected chi connectivity index (χ4v) is 1.36. The zero-order chi connectivity index (χ0) is 11.3. The van der Waals surface area contributed by atoms with Gasteiger partial charge in [0.25, 0.3) is 0 Å². The van der Waals surface area contributed by atoms with E-state index in [1.165, 1.54) is 0 Å². The van der Waals surface area contributed by atoms with Crippen LogP contribution >= 0.6 is 0 Å². The predicted octanol–water partition coefficient (Wildman–Crippen LogP) is 2.69. The Kier molecular flexibility index (Phi) is 4.13. The van der Waals surface area contributed by atoms with Crippen LogP contribution in [-0.4, -0.2) is 19.2 Å². The SMILES string of the molecule is CNC.Cc1ccc2ccccc2c1O. The Morgan fingerprint density at radius 2 is 1.60 bits per heavy atom. The summed E-state index contributed by atoms with van der Waals surface area (Å²) in [7, 11) is 3.75. The van der Waals surface area contributed by atoms with Gasteiger partial charge in [-0.3, -0.25) is 0 Å². The molecule has 0 fully saturated rings. The number of hydrogen-bond donors (Lipinski definition) is 2. The summed E-state index contributed by atoms with van der Waals surface area (Å²) in [6.07, 6.45) is 0. The summed E-state index contributed by atoms with van der Waals surface area (Å²) in [6, 6.07) is 11.8. The van der Waals surface area contributed by atoms with Gasteiger partial charge in [0.2, 0.25) is 0 Å². The van der Waals surface area contributed by atoms with E-state index in [9.17, 15) is 5.11 Å². The van der Waals surface area contributed by atoms with E-state index in [4.69, 9.17) is 0 Å². The maximum Gasteiger partial charge on any atom is 0.126 e. The molecule has 80 valence electrons. The summed E-state index contributed by atoms with van der Waals surface area (Å²) in [6.45, 7) is 1.90. The van der Waals surface area contributed by atoms with Gasteiger partial charge in [-0.2, -0.15) is 0 Å². The van der Waals surface area contributed by atoms with E-state index < -0.39 is 0 Å². The standard InChI is InChI=1S/C11H10O.C2H7N/c1-8-6-7-9-4-2-3-5-10(9)11(8)12;1-3-2/h2-7,12H,1H3;3H,1-2H3. The number of aromatic hydroxyl groups is 1. The molecule has 0 aliphatic rings. The second-order valence-electron chi connectivity index (χ2n) is 3.45. The van der Waals surface area contributed by atoms with Gasteiger partial charge in [-0.15, -0.1) is 0 Å². The third-order valence-corrected chi connectivity index (χ3v) is 2.10. The van der Waals surface area contributed by atoms with E-state index >= 15 is 0 Å². The first kappa shape index (κ1) is 11.5. The van der Waals surface area contributed by atoms with Crippen molar-refractivity contribution in [1.82, 2.24) is 5.32 Å². The Morgan fingerprint density at radius 3 is 2.27 bits per heavy atom. The molecule has 0 saturated heterocycles. The quantitative estimate of drug-likeness (QED) is 0.690. The average Bonchev–Trinajstić information content (AvgIpc) is 2.25. The van der Waals surface area contributed by atoms with Gasteiger partial charge in [-0.05, 0) is 32.0 Å². The zero-order valence-corrected chi connectivity index (χ0v) is 9.41. The number of hydrogen-bond acceptors (Lipinski definition) is 2. The van der Waals surface area contributed by atoms with Gasteiger partial charge in [0.05, 0.1) is 0 Å². The van der Waals surface area contributed by atoms with E-state index in [0.29, 0.717) is 5.75 Å². The molecule has 2 heteroatoms. The average molecular weight is 203 g/mol. The lowest BCUT2D eigenvalue weighted by atomic mass is 10.1. The van der Waals surface area contributed by atoms with Gasteiger partial charge in [-0.1, -0.05) is 36.4 Å². The number of benzene rings is 2. The maximum atomic E-state index is 9.66. The Balaban J connectivity index is 0.000000337. The van der Waals surface area contributed by atoms with Crippen molar-refractivity contribution in [3.05, 3.63) is 42.0 Å². The van der Waals surface area contributed by atoms with Crippen LogP contribution in [0.4, 0.5) is 0 Å². The topological polar surface area (TPSA) is 32.3 Å². The summed E-state index contributed by atoms with van der Waals surface area (Å²) in [5.41, 5.74) is 0.925. The minimum Gasteiger partial charge on any atom is -0.507 e. The van der Waals surface area contributed by atoms with Gasteiger partial charge in [0.15, 0.2) is 0 Å². The summed E-state index contributed by atoms with van der Waals surface area (Å²) in [5.74, 6) is 0.396. The van der Waals surface area contributed by atoms with Crippen molar-refractivity contribution in [3.63, 3.8) is 0 Å². The van der Waals surface area contributed by atoms with Crippen molar-refractivity contribution in [1.29, 1.82) is 0 Å². The third-order valence-electron chi connectivity index (χ3n) is 2.10. The number of phenolic OH excluding ortho intramolecular Hbond substituents is 1. The van der Waals surface area contributed by atoms with E-state index in [1.54, 1.807) is 0 Å². The van der Waals surface area contributed by atoms with Gasteiger partial charge in [0.1, 0.15) is 5.75 Å². The molecule has 2 nitrogen and oxygen atoms in total. The number of phenols is 1. The Bertz CT molecular complexity index is 437. The second-order valence-corrected chi connectivity index (χ2v) is 3.45. The molecule has 2 N–H and O–H groups in total. The summed E-state index contributed by atoms with van der Waals surface area (Å²) < 4.78 is 0. The van der Waals surface area contributed by atoms with Crippen molar-refractivity contribution in [3.8, 4) is 5.75 Å². The normalized spacial score (nSPS) is 9.53. The Hall–Kier alpha value is -1.54. The van der Waals surface area contributed by atoms with Crippen LogP contribution in [0.1, 0.15) is 5.56 Å². The molecule has 0 heterocycles. The first-order chi connectivity index (χ1) is 7.20. The molecule has 0 unspecified atom stereocenters. The van der Waals surface area contributed by atoms with E-state index in [2.05, 4.69) is 5.32 Å². The summed E-state index contributed by atoms with van der Waals surface area (Å²) >= 11 is 0. The van der Waals surface area contributed by atoms with Crippen LogP contribution in [0.15, 0.2) is 36.4 Å². The molecule has 0 saturated carbocycles. The smallest absolute Gasteiger partial charge is 0.126 e. The van der Waals surface area contributed by atoms with Gasteiger partial charge in [-0.25, -0.2) is 0 Å². The summed E-state index contributed by atoms with van der Waals surface area (Å²) in [5, 5.41) is 14.4. The van der Waals surface area contributed by atoms with Crippen LogP contribution in [0, 0.1) is 6.92 Å². The van der Waals surface area contributed by atoms with Gasteiger partial charge < -0.3 is 10.4 Å². The predicted molar refractivity (Wildman–Crippen MR) is 65.3 cm³/mol. The largest absolute Gasteiger partial charge is 0.507 e. The molecular weight excluding hydrogens is 186 g/mol. The van der Waals surface area contributed by atoms with Crippen molar-refractivity contribution < 1.29 is 5.11 Å². The second kappa shape index (κ2) is 5.37. The molecule has 2 aromatic carbocycles. The van der Waals surface area contributed by atoms with Crippen LogP contribution in [0.5, 0.6) is 5.75 Å². The number of nitrogens with one attached hydrogen (secondary N) is 1. The third kappa shape index (κ3) is 2.70. The van der Waals surface area contributed by atoms with Crippen molar-refractivity contribution >= 4 is 10.8 Å². The van der Waals surface area contributed by atoms with E-state index in [-0.39, 0.29) is 0 Å². The zero-order valence-electron chi connectivity index (χ0n) is 9.41. The number of aryl methyl sites for hydroxylation is 1. The molecule has 0 aliphatic heterocycles.